The zero-order chi connectivity index (χ0) is 13.9. The molecule has 0 aromatic heterocycles. The minimum absolute atomic E-state index is 0.366. The van der Waals surface area contributed by atoms with Crippen molar-refractivity contribution in [2.24, 2.45) is 5.92 Å². The number of aliphatic carboxylic acids is 1. The molecule has 1 aliphatic heterocycles. The van der Waals surface area contributed by atoms with Crippen LogP contribution < -0.4 is 5.32 Å². The Balaban J connectivity index is 1.87. The van der Waals surface area contributed by atoms with Crippen LogP contribution in [0, 0.1) is 5.92 Å². The Morgan fingerprint density at radius 3 is 2.84 bits per heavy atom. The first kappa shape index (κ1) is 14.8. The molecular weight excluding hydrogens is 244 g/mol. The van der Waals surface area contributed by atoms with Crippen molar-refractivity contribution in [3.8, 4) is 0 Å². The molecule has 0 bridgehead atoms. The molecule has 2 aliphatic rings. The van der Waals surface area contributed by atoms with Gasteiger partial charge in [0, 0.05) is 19.2 Å². The second kappa shape index (κ2) is 6.20. The van der Waals surface area contributed by atoms with Gasteiger partial charge in [0.1, 0.15) is 5.54 Å². The normalized spacial score (nSPS) is 35.7. The van der Waals surface area contributed by atoms with Crippen molar-refractivity contribution in [2.45, 2.75) is 43.7 Å². The molecule has 3 atom stereocenters. The van der Waals surface area contributed by atoms with E-state index in [1.807, 2.05) is 0 Å². The van der Waals surface area contributed by atoms with Gasteiger partial charge in [-0.05, 0) is 52.1 Å². The van der Waals surface area contributed by atoms with Crippen LogP contribution in [0.15, 0.2) is 0 Å². The maximum Gasteiger partial charge on any atom is 0.323 e. The van der Waals surface area contributed by atoms with E-state index in [2.05, 4.69) is 17.3 Å². The summed E-state index contributed by atoms with van der Waals surface area (Å²) < 4.78 is 5.51. The molecule has 0 aromatic rings. The summed E-state index contributed by atoms with van der Waals surface area (Å²) in [6, 6.07) is 0.366. The molecule has 2 rings (SSSR count). The lowest BCUT2D eigenvalue weighted by Crippen LogP contribution is -2.49. The third-order valence-electron chi connectivity index (χ3n) is 4.80. The molecular formula is C14H26N2O3. The van der Waals surface area contributed by atoms with Crippen molar-refractivity contribution < 1.29 is 14.6 Å². The largest absolute Gasteiger partial charge is 0.480 e. The van der Waals surface area contributed by atoms with Gasteiger partial charge in [-0.25, -0.2) is 0 Å². The predicted molar refractivity (Wildman–Crippen MR) is 73.2 cm³/mol. The summed E-state index contributed by atoms with van der Waals surface area (Å²) in [5.74, 6) is -0.111. The monoisotopic (exact) mass is 270 g/mol. The fraction of sp³-hybridized carbons (Fsp3) is 0.929. The van der Waals surface area contributed by atoms with Crippen LogP contribution in [0.3, 0.4) is 0 Å². The second-order valence-corrected chi connectivity index (χ2v) is 6.06. The first-order chi connectivity index (χ1) is 9.07. The number of hydrogen-bond donors (Lipinski definition) is 2. The van der Waals surface area contributed by atoms with Crippen LogP contribution in [0.25, 0.3) is 0 Å². The number of carbonyl (C=O) groups is 1. The first-order valence-corrected chi connectivity index (χ1v) is 7.28. The van der Waals surface area contributed by atoms with Crippen LogP contribution in [0.2, 0.25) is 0 Å². The standard InChI is InChI=1S/C14H26N2O3/c1-15-14(13(17)18)6-5-12(8-14)16(2)9-11-4-3-7-19-10-11/h11-12,15H,3-10H2,1-2H3,(H,17,18). The van der Waals surface area contributed by atoms with Gasteiger partial charge in [-0.2, -0.15) is 0 Å². The van der Waals surface area contributed by atoms with Crippen LogP contribution in [0.1, 0.15) is 32.1 Å². The molecule has 1 heterocycles. The Morgan fingerprint density at radius 1 is 1.53 bits per heavy atom. The Bertz CT molecular complexity index is 318. The van der Waals surface area contributed by atoms with Crippen molar-refractivity contribution >= 4 is 5.97 Å². The third kappa shape index (κ3) is 3.27. The van der Waals surface area contributed by atoms with Gasteiger partial charge in [0.05, 0.1) is 6.61 Å². The minimum atomic E-state index is -0.720. The first-order valence-electron chi connectivity index (χ1n) is 7.28. The highest BCUT2D eigenvalue weighted by Gasteiger charge is 2.45. The van der Waals surface area contributed by atoms with Crippen LogP contribution in [0.4, 0.5) is 0 Å². The molecule has 5 heteroatoms. The van der Waals surface area contributed by atoms with Gasteiger partial charge < -0.3 is 20.1 Å². The van der Waals surface area contributed by atoms with Gasteiger partial charge in [-0.1, -0.05) is 0 Å². The molecule has 5 nitrogen and oxygen atoms in total. The van der Waals surface area contributed by atoms with Crippen LogP contribution in [-0.4, -0.2) is 61.4 Å². The Morgan fingerprint density at radius 2 is 2.32 bits per heavy atom. The smallest absolute Gasteiger partial charge is 0.323 e. The number of ether oxygens (including phenoxy) is 1. The van der Waals surface area contributed by atoms with Crippen molar-refractivity contribution in [2.75, 3.05) is 33.9 Å². The van der Waals surface area contributed by atoms with E-state index in [1.165, 1.54) is 6.42 Å². The molecule has 1 saturated heterocycles. The summed E-state index contributed by atoms with van der Waals surface area (Å²) in [6.07, 6.45) is 4.75. The molecule has 19 heavy (non-hydrogen) atoms. The molecule has 0 spiro atoms. The van der Waals surface area contributed by atoms with Gasteiger partial charge in [0.15, 0.2) is 0 Å². The number of hydrogen-bond acceptors (Lipinski definition) is 4. The Kier molecular flexibility index (Phi) is 4.81. The van der Waals surface area contributed by atoms with Gasteiger partial charge in [-0.15, -0.1) is 0 Å². The molecule has 110 valence electrons. The molecule has 1 saturated carbocycles. The van der Waals surface area contributed by atoms with E-state index in [1.54, 1.807) is 7.05 Å². The van der Waals surface area contributed by atoms with Crippen LogP contribution in [-0.2, 0) is 9.53 Å². The summed E-state index contributed by atoms with van der Waals surface area (Å²) in [4.78, 5) is 13.7. The van der Waals surface area contributed by atoms with Gasteiger partial charge >= 0.3 is 5.97 Å². The molecule has 0 radical (unpaired) electrons. The van der Waals surface area contributed by atoms with Gasteiger partial charge in [0.25, 0.3) is 0 Å². The highest BCUT2D eigenvalue weighted by atomic mass is 16.5. The third-order valence-corrected chi connectivity index (χ3v) is 4.80. The van der Waals surface area contributed by atoms with Gasteiger partial charge in [0.2, 0.25) is 0 Å². The minimum Gasteiger partial charge on any atom is -0.480 e. The highest BCUT2D eigenvalue weighted by molar-refractivity contribution is 5.79. The average Bonchev–Trinajstić information content (AvgIpc) is 2.86. The summed E-state index contributed by atoms with van der Waals surface area (Å²) in [6.45, 7) is 2.77. The molecule has 3 unspecified atom stereocenters. The summed E-state index contributed by atoms with van der Waals surface area (Å²) in [5, 5.41) is 12.4. The summed E-state index contributed by atoms with van der Waals surface area (Å²) >= 11 is 0. The van der Waals surface area contributed by atoms with E-state index >= 15 is 0 Å². The maximum absolute atomic E-state index is 11.4. The number of rotatable bonds is 5. The Hall–Kier alpha value is -0.650. The van der Waals surface area contributed by atoms with Crippen molar-refractivity contribution in [3.05, 3.63) is 0 Å². The average molecular weight is 270 g/mol. The van der Waals surface area contributed by atoms with E-state index in [0.29, 0.717) is 18.4 Å². The molecule has 2 N–H and O–H groups in total. The summed E-state index contributed by atoms with van der Waals surface area (Å²) in [5.41, 5.74) is -0.720. The Labute approximate surface area is 115 Å². The number of carboxylic acids is 1. The van der Waals surface area contributed by atoms with E-state index < -0.39 is 11.5 Å². The van der Waals surface area contributed by atoms with Crippen molar-refractivity contribution in [3.63, 3.8) is 0 Å². The highest BCUT2D eigenvalue weighted by Crippen LogP contribution is 2.33. The van der Waals surface area contributed by atoms with E-state index in [-0.39, 0.29) is 0 Å². The number of carboxylic acid groups (broad SMARTS) is 1. The van der Waals surface area contributed by atoms with Crippen LogP contribution in [0.5, 0.6) is 0 Å². The number of likely N-dealkylation sites (N-methyl/N-ethyl adjacent to an activating group) is 1. The topological polar surface area (TPSA) is 61.8 Å². The second-order valence-electron chi connectivity index (χ2n) is 6.06. The maximum atomic E-state index is 11.4. The molecule has 1 aliphatic carbocycles. The number of nitrogens with zero attached hydrogens (tertiary/aromatic N) is 1. The fourth-order valence-corrected chi connectivity index (χ4v) is 3.43. The zero-order valence-corrected chi connectivity index (χ0v) is 12.0. The lowest BCUT2D eigenvalue weighted by molar-refractivity contribution is -0.144. The van der Waals surface area contributed by atoms with Crippen LogP contribution >= 0.6 is 0 Å². The molecule has 0 aromatic carbocycles. The fourth-order valence-electron chi connectivity index (χ4n) is 3.43. The lowest BCUT2D eigenvalue weighted by Gasteiger charge is -2.32. The molecule has 2 fully saturated rings. The van der Waals surface area contributed by atoms with Crippen molar-refractivity contribution in [1.82, 2.24) is 10.2 Å². The van der Waals surface area contributed by atoms with Gasteiger partial charge in [-0.3, -0.25) is 4.79 Å². The zero-order valence-electron chi connectivity index (χ0n) is 12.0. The van der Waals surface area contributed by atoms with E-state index in [4.69, 9.17) is 4.74 Å². The van der Waals surface area contributed by atoms with Crippen molar-refractivity contribution in [1.29, 1.82) is 0 Å². The number of nitrogens with one attached hydrogen (secondary N) is 1. The quantitative estimate of drug-likeness (QED) is 0.778. The predicted octanol–water partition coefficient (Wildman–Crippen LogP) is 0.940. The SMILES string of the molecule is CNC1(C(=O)O)CCC(N(C)CC2CCCOC2)C1. The van der Waals surface area contributed by atoms with E-state index in [0.717, 1.165) is 39.0 Å². The lowest BCUT2D eigenvalue weighted by atomic mass is 9.97. The summed E-state index contributed by atoms with van der Waals surface area (Å²) in [7, 11) is 3.87. The van der Waals surface area contributed by atoms with E-state index in [9.17, 15) is 9.90 Å². The molecule has 0 amide bonds.